The van der Waals surface area contributed by atoms with Crippen LogP contribution in [-0.2, 0) is 9.53 Å². The van der Waals surface area contributed by atoms with Gasteiger partial charge in [0.05, 0.1) is 30.7 Å². The Kier molecular flexibility index (Phi) is 4.93. The van der Waals surface area contributed by atoms with Gasteiger partial charge in [-0.3, -0.25) is 14.6 Å². The quantitative estimate of drug-likeness (QED) is 0.824. The molecule has 2 aliphatic rings. The molecule has 0 radical (unpaired) electrons. The third kappa shape index (κ3) is 3.54. The summed E-state index contributed by atoms with van der Waals surface area (Å²) in [4.78, 5) is 31.2. The number of carbonyl (C=O) groups excluding carboxylic acids is 1. The second-order valence-corrected chi connectivity index (χ2v) is 7.55. The molecule has 1 aliphatic carbocycles. The largest absolute Gasteiger partial charge is 0.497 e. The average Bonchev–Trinajstić information content (AvgIpc) is 3.47. The first kappa shape index (κ1) is 18.7. The van der Waals surface area contributed by atoms with E-state index in [9.17, 15) is 14.7 Å². The summed E-state index contributed by atoms with van der Waals surface area (Å²) >= 11 is 0. The number of methoxy groups -OCH3 is 2. The molecule has 2 fully saturated rings. The Labute approximate surface area is 163 Å². The third-order valence-electron chi connectivity index (χ3n) is 5.64. The van der Waals surface area contributed by atoms with E-state index < -0.39 is 5.97 Å². The molecule has 2 heterocycles. The van der Waals surface area contributed by atoms with Crippen molar-refractivity contribution in [3.63, 3.8) is 0 Å². The number of carboxylic acid groups (broad SMARTS) is 1. The van der Waals surface area contributed by atoms with Gasteiger partial charge in [-0.05, 0) is 43.5 Å². The zero-order valence-corrected chi connectivity index (χ0v) is 16.1. The average molecular weight is 384 g/mol. The summed E-state index contributed by atoms with van der Waals surface area (Å²) in [6.07, 6.45) is 2.45. The van der Waals surface area contributed by atoms with Gasteiger partial charge in [0.25, 0.3) is 5.91 Å². The summed E-state index contributed by atoms with van der Waals surface area (Å²) < 4.78 is 10.7. The predicted molar refractivity (Wildman–Crippen MR) is 103 cm³/mol. The van der Waals surface area contributed by atoms with Crippen molar-refractivity contribution in [3.05, 3.63) is 35.5 Å². The molecule has 1 saturated carbocycles. The molecule has 1 saturated heterocycles. The smallest absolute Gasteiger partial charge is 0.305 e. The summed E-state index contributed by atoms with van der Waals surface area (Å²) in [7, 11) is 3.18. The minimum Gasteiger partial charge on any atom is -0.497 e. The third-order valence-corrected chi connectivity index (χ3v) is 5.64. The van der Waals surface area contributed by atoms with Crippen LogP contribution in [0.1, 0.15) is 47.7 Å². The minimum absolute atomic E-state index is 0.0899. The fraction of sp³-hybridized carbons (Fsp3) is 0.476. The lowest BCUT2D eigenvalue weighted by Crippen LogP contribution is -2.37. The Balaban J connectivity index is 1.77. The number of nitrogens with zero attached hydrogens (tertiary/aromatic N) is 2. The first-order valence-corrected chi connectivity index (χ1v) is 9.54. The fourth-order valence-corrected chi connectivity index (χ4v) is 3.96. The summed E-state index contributed by atoms with van der Waals surface area (Å²) in [5.41, 5.74) is 2.24. The SMILES string of the molecule is COc1ccc2nc(C3CC3)cc(C(=O)N3CC(OC)CC3CC(=O)O)c2c1. The molecule has 1 aliphatic heterocycles. The first-order valence-electron chi connectivity index (χ1n) is 9.54. The number of fused-ring (bicyclic) bond motifs is 1. The van der Waals surface area contributed by atoms with Crippen LogP contribution in [0, 0.1) is 0 Å². The number of carbonyl (C=O) groups is 2. The van der Waals surface area contributed by atoms with Crippen molar-refractivity contribution < 1.29 is 24.2 Å². The second-order valence-electron chi connectivity index (χ2n) is 7.55. The number of aromatic nitrogens is 1. The fourth-order valence-electron chi connectivity index (χ4n) is 3.96. The van der Waals surface area contributed by atoms with E-state index in [1.54, 1.807) is 19.1 Å². The second kappa shape index (κ2) is 7.39. The van der Waals surface area contributed by atoms with Gasteiger partial charge in [-0.2, -0.15) is 0 Å². The molecule has 2 atom stereocenters. The maximum Gasteiger partial charge on any atom is 0.305 e. The molecule has 2 unspecified atom stereocenters. The van der Waals surface area contributed by atoms with Gasteiger partial charge in [0.2, 0.25) is 0 Å². The molecular formula is C21H24N2O5. The molecule has 1 N–H and O–H groups in total. The van der Waals surface area contributed by atoms with Crippen LogP contribution >= 0.6 is 0 Å². The molecule has 4 rings (SSSR count). The summed E-state index contributed by atoms with van der Waals surface area (Å²) in [5, 5.41) is 9.99. The van der Waals surface area contributed by atoms with E-state index in [1.807, 2.05) is 24.3 Å². The number of benzene rings is 1. The Bertz CT molecular complexity index is 924. The number of hydrogen-bond acceptors (Lipinski definition) is 5. The first-order chi connectivity index (χ1) is 13.5. The molecule has 28 heavy (non-hydrogen) atoms. The lowest BCUT2D eigenvalue weighted by Gasteiger charge is -2.24. The maximum absolute atomic E-state index is 13.5. The van der Waals surface area contributed by atoms with E-state index in [-0.39, 0.29) is 24.5 Å². The Hall–Kier alpha value is -2.67. The zero-order valence-electron chi connectivity index (χ0n) is 16.1. The summed E-state index contributed by atoms with van der Waals surface area (Å²) in [5.74, 6) is -0.0354. The van der Waals surface area contributed by atoms with E-state index in [0.29, 0.717) is 30.2 Å². The summed E-state index contributed by atoms with van der Waals surface area (Å²) in [6, 6.07) is 7.02. The van der Waals surface area contributed by atoms with Crippen LogP contribution in [-0.4, -0.2) is 59.8 Å². The van der Waals surface area contributed by atoms with Crippen LogP contribution in [0.15, 0.2) is 24.3 Å². The number of carboxylic acids is 1. The zero-order chi connectivity index (χ0) is 19.8. The highest BCUT2D eigenvalue weighted by molar-refractivity contribution is 6.07. The Morgan fingerprint density at radius 2 is 2.04 bits per heavy atom. The lowest BCUT2D eigenvalue weighted by atomic mass is 10.0. The highest BCUT2D eigenvalue weighted by Crippen LogP contribution is 2.41. The molecule has 0 spiro atoms. The van der Waals surface area contributed by atoms with E-state index in [0.717, 1.165) is 29.4 Å². The number of likely N-dealkylation sites (tertiary alicyclic amines) is 1. The van der Waals surface area contributed by atoms with Crippen LogP contribution < -0.4 is 4.74 Å². The highest BCUT2D eigenvalue weighted by atomic mass is 16.5. The van der Waals surface area contributed by atoms with Crippen LogP contribution in [0.2, 0.25) is 0 Å². The van der Waals surface area contributed by atoms with Crippen molar-refractivity contribution in [1.29, 1.82) is 0 Å². The van der Waals surface area contributed by atoms with Gasteiger partial charge >= 0.3 is 5.97 Å². The van der Waals surface area contributed by atoms with Gasteiger partial charge in [0.1, 0.15) is 5.75 Å². The van der Waals surface area contributed by atoms with Gasteiger partial charge in [-0.15, -0.1) is 0 Å². The van der Waals surface area contributed by atoms with Gasteiger partial charge in [-0.1, -0.05) is 0 Å². The van der Waals surface area contributed by atoms with E-state index >= 15 is 0 Å². The van der Waals surface area contributed by atoms with Crippen molar-refractivity contribution >= 4 is 22.8 Å². The number of ether oxygens (including phenoxy) is 2. The molecule has 148 valence electrons. The molecule has 1 aromatic carbocycles. The molecule has 2 aromatic rings. The summed E-state index contributed by atoms with van der Waals surface area (Å²) in [6.45, 7) is 0.389. The van der Waals surface area contributed by atoms with Crippen molar-refractivity contribution in [1.82, 2.24) is 9.88 Å². The molecule has 1 amide bonds. The van der Waals surface area contributed by atoms with Crippen LogP contribution in [0.25, 0.3) is 10.9 Å². The monoisotopic (exact) mass is 384 g/mol. The van der Waals surface area contributed by atoms with Gasteiger partial charge < -0.3 is 19.5 Å². The molecule has 7 nitrogen and oxygen atoms in total. The molecule has 7 heteroatoms. The van der Waals surface area contributed by atoms with Gasteiger partial charge in [0, 0.05) is 36.7 Å². The van der Waals surface area contributed by atoms with Crippen molar-refractivity contribution in [2.24, 2.45) is 0 Å². The van der Waals surface area contributed by atoms with E-state index in [2.05, 4.69) is 0 Å². The Morgan fingerprint density at radius 1 is 1.25 bits per heavy atom. The maximum atomic E-state index is 13.5. The number of amides is 1. The van der Waals surface area contributed by atoms with Crippen molar-refractivity contribution in [2.75, 3.05) is 20.8 Å². The number of hydrogen-bond donors (Lipinski definition) is 1. The Morgan fingerprint density at radius 3 is 2.68 bits per heavy atom. The van der Waals surface area contributed by atoms with E-state index in [4.69, 9.17) is 14.5 Å². The van der Waals surface area contributed by atoms with Crippen LogP contribution in [0.4, 0.5) is 0 Å². The highest BCUT2D eigenvalue weighted by Gasteiger charge is 2.38. The van der Waals surface area contributed by atoms with Gasteiger partial charge in [-0.25, -0.2) is 0 Å². The molecule has 0 bridgehead atoms. The number of aliphatic carboxylic acids is 1. The minimum atomic E-state index is -0.917. The van der Waals surface area contributed by atoms with Crippen molar-refractivity contribution in [3.8, 4) is 5.75 Å². The predicted octanol–water partition coefficient (Wildman–Crippen LogP) is 2.83. The number of pyridine rings is 1. The number of rotatable bonds is 6. The standard InChI is InChI=1S/C21H24N2O5/c1-27-14-5-6-18-16(9-14)17(10-19(22-18)12-3-4-12)21(26)23-11-15(28-2)7-13(23)8-20(24)25/h5-6,9-10,12-13,15H,3-4,7-8,11H2,1-2H3,(H,24,25). The molecule has 1 aromatic heterocycles. The van der Waals surface area contributed by atoms with Crippen LogP contribution in [0.3, 0.4) is 0 Å². The van der Waals surface area contributed by atoms with Gasteiger partial charge in [0.15, 0.2) is 0 Å². The lowest BCUT2D eigenvalue weighted by molar-refractivity contribution is -0.137. The molecular weight excluding hydrogens is 360 g/mol. The van der Waals surface area contributed by atoms with E-state index in [1.165, 1.54) is 0 Å². The van der Waals surface area contributed by atoms with Crippen LogP contribution in [0.5, 0.6) is 5.75 Å². The topological polar surface area (TPSA) is 89.0 Å². The normalized spacial score (nSPS) is 21.9. The van der Waals surface area contributed by atoms with Crippen molar-refractivity contribution in [2.45, 2.75) is 43.7 Å².